The summed E-state index contributed by atoms with van der Waals surface area (Å²) < 4.78 is 0. The summed E-state index contributed by atoms with van der Waals surface area (Å²) in [5, 5.41) is 7.73. The molecule has 4 nitrogen and oxygen atoms in total. The smallest absolute Gasteiger partial charge is 0.255 e. The summed E-state index contributed by atoms with van der Waals surface area (Å²) >= 11 is 1.45. The second kappa shape index (κ2) is 12.0. The Kier molecular flexibility index (Phi) is 8.09. The zero-order valence-corrected chi connectivity index (χ0v) is 22.7. The molecule has 0 aliphatic heterocycles. The third kappa shape index (κ3) is 6.57. The number of benzene rings is 5. The monoisotopic (exact) mass is 530 g/mol. The van der Waals surface area contributed by atoms with Crippen LogP contribution >= 0.6 is 11.8 Å². The number of amides is 2. The number of fused-ring (bicyclic) bond motifs is 1. The lowest BCUT2D eigenvalue weighted by Gasteiger charge is -2.18. The van der Waals surface area contributed by atoms with E-state index in [-0.39, 0.29) is 11.8 Å². The highest BCUT2D eigenvalue weighted by Gasteiger charge is 2.22. The molecule has 5 aromatic carbocycles. The van der Waals surface area contributed by atoms with E-state index in [9.17, 15) is 9.59 Å². The lowest BCUT2D eigenvalue weighted by atomic mass is 10.0. The number of hydrogen-bond donors (Lipinski definition) is 2. The van der Waals surface area contributed by atoms with Crippen LogP contribution in [0.2, 0.25) is 0 Å². The Bertz CT molecular complexity index is 1600. The molecule has 1 atom stereocenters. The van der Waals surface area contributed by atoms with Gasteiger partial charge in [-0.1, -0.05) is 92.7 Å². The maximum Gasteiger partial charge on any atom is 0.255 e. The normalized spacial score (nSPS) is 11.8. The lowest BCUT2D eigenvalue weighted by molar-refractivity contribution is -0.115. The molecule has 1 unspecified atom stereocenters. The van der Waals surface area contributed by atoms with Gasteiger partial charge < -0.3 is 10.6 Å². The molecule has 39 heavy (non-hydrogen) atoms. The predicted octanol–water partition coefficient (Wildman–Crippen LogP) is 8.69. The second-order valence-electron chi connectivity index (χ2n) is 9.72. The molecule has 0 fully saturated rings. The molecule has 0 heterocycles. The lowest BCUT2D eigenvalue weighted by Crippen LogP contribution is -2.19. The third-order valence-electron chi connectivity index (χ3n) is 6.54. The molecule has 0 radical (unpaired) electrons. The second-order valence-corrected chi connectivity index (χ2v) is 10.9. The van der Waals surface area contributed by atoms with E-state index in [2.05, 4.69) is 24.5 Å². The first kappa shape index (κ1) is 26.3. The van der Waals surface area contributed by atoms with Gasteiger partial charge in [-0.25, -0.2) is 0 Å². The van der Waals surface area contributed by atoms with Gasteiger partial charge in [-0.3, -0.25) is 9.59 Å². The summed E-state index contributed by atoms with van der Waals surface area (Å²) in [6.07, 6.45) is 0. The fourth-order valence-electron chi connectivity index (χ4n) is 4.38. The molecule has 2 amide bonds. The molecule has 2 N–H and O–H groups in total. The van der Waals surface area contributed by atoms with Gasteiger partial charge in [-0.2, -0.15) is 0 Å². The van der Waals surface area contributed by atoms with Crippen molar-refractivity contribution in [2.24, 2.45) is 0 Å². The maximum absolute atomic E-state index is 13.5. The van der Waals surface area contributed by atoms with Gasteiger partial charge in [-0.15, -0.1) is 11.8 Å². The minimum Gasteiger partial charge on any atom is -0.325 e. The van der Waals surface area contributed by atoms with E-state index in [0.717, 1.165) is 26.9 Å². The summed E-state index contributed by atoms with van der Waals surface area (Å²) in [7, 11) is 0. The summed E-state index contributed by atoms with van der Waals surface area (Å²) in [6, 6.07) is 39.0. The van der Waals surface area contributed by atoms with Crippen molar-refractivity contribution in [3.8, 4) is 0 Å². The van der Waals surface area contributed by atoms with Crippen LogP contribution in [0, 0.1) is 0 Å². The molecule has 0 spiro atoms. The minimum atomic E-state index is -0.470. The first-order valence-electron chi connectivity index (χ1n) is 13.0. The Labute approximate surface area is 233 Å². The first-order chi connectivity index (χ1) is 19.0. The Balaban J connectivity index is 1.33. The van der Waals surface area contributed by atoms with Gasteiger partial charge >= 0.3 is 0 Å². The summed E-state index contributed by atoms with van der Waals surface area (Å²) in [5.74, 6) is 0.149. The largest absolute Gasteiger partial charge is 0.325 e. The van der Waals surface area contributed by atoms with Gasteiger partial charge in [0.15, 0.2) is 0 Å². The van der Waals surface area contributed by atoms with Crippen molar-refractivity contribution in [3.63, 3.8) is 0 Å². The molecular weight excluding hydrogens is 500 g/mol. The van der Waals surface area contributed by atoms with Gasteiger partial charge in [0.25, 0.3) is 5.91 Å². The van der Waals surface area contributed by atoms with Crippen LogP contribution in [0.25, 0.3) is 10.8 Å². The van der Waals surface area contributed by atoms with Gasteiger partial charge in [0.05, 0.1) is 0 Å². The highest BCUT2D eigenvalue weighted by atomic mass is 32.2. The van der Waals surface area contributed by atoms with E-state index in [1.807, 2.05) is 121 Å². The average Bonchev–Trinajstić information content (AvgIpc) is 2.96. The zero-order chi connectivity index (χ0) is 27.2. The molecule has 194 valence electrons. The third-order valence-corrected chi connectivity index (χ3v) is 7.79. The van der Waals surface area contributed by atoms with E-state index in [1.54, 1.807) is 0 Å². The van der Waals surface area contributed by atoms with Crippen LogP contribution in [-0.4, -0.2) is 11.8 Å². The van der Waals surface area contributed by atoms with Gasteiger partial charge in [0, 0.05) is 21.8 Å². The van der Waals surface area contributed by atoms with Crippen molar-refractivity contribution < 1.29 is 9.59 Å². The standard InChI is InChI=1S/C34H30N2O2S/c1-23(2)24-17-19-29(20-18-24)35-34(38)32(26-10-4-3-5-11-26)39-31-14-8-13-30(22-31)36-33(37)28-16-15-25-9-6-7-12-27(25)21-28/h3-23,32H,1-2H3,(H,35,38)(H,36,37). The number of nitrogens with one attached hydrogen (secondary N) is 2. The SMILES string of the molecule is CC(C)c1ccc(NC(=O)C(Sc2cccc(NC(=O)c3ccc4ccccc4c3)c2)c2ccccc2)cc1. The highest BCUT2D eigenvalue weighted by molar-refractivity contribution is 8.00. The summed E-state index contributed by atoms with van der Waals surface area (Å²) in [5.41, 5.74) is 4.17. The van der Waals surface area contributed by atoms with Crippen molar-refractivity contribution >= 4 is 45.7 Å². The molecule has 0 aliphatic rings. The van der Waals surface area contributed by atoms with E-state index >= 15 is 0 Å². The van der Waals surface area contributed by atoms with Gasteiger partial charge in [0.1, 0.15) is 5.25 Å². The fraction of sp³-hybridized carbons (Fsp3) is 0.118. The molecule has 5 heteroatoms. The highest BCUT2D eigenvalue weighted by Crippen LogP contribution is 2.37. The summed E-state index contributed by atoms with van der Waals surface area (Å²) in [6.45, 7) is 4.29. The van der Waals surface area contributed by atoms with Gasteiger partial charge in [-0.05, 0) is 70.3 Å². The van der Waals surface area contributed by atoms with Crippen molar-refractivity contribution in [2.45, 2.75) is 29.9 Å². The number of carbonyl (C=O) groups is 2. The number of anilines is 2. The Morgan fingerprint density at radius 1 is 0.615 bits per heavy atom. The predicted molar refractivity (Wildman–Crippen MR) is 163 cm³/mol. The van der Waals surface area contributed by atoms with E-state index in [0.29, 0.717) is 17.2 Å². The molecule has 0 saturated carbocycles. The van der Waals surface area contributed by atoms with Crippen LogP contribution in [0.1, 0.15) is 46.5 Å². The Hall–Kier alpha value is -4.35. The van der Waals surface area contributed by atoms with E-state index in [4.69, 9.17) is 0 Å². The maximum atomic E-state index is 13.5. The number of rotatable bonds is 8. The molecule has 0 aliphatic carbocycles. The summed E-state index contributed by atoms with van der Waals surface area (Å²) in [4.78, 5) is 27.4. The topological polar surface area (TPSA) is 58.2 Å². The van der Waals surface area contributed by atoms with Crippen LogP contribution < -0.4 is 10.6 Å². The molecule has 5 rings (SSSR count). The van der Waals surface area contributed by atoms with E-state index < -0.39 is 5.25 Å². The van der Waals surface area contributed by atoms with Crippen molar-refractivity contribution in [3.05, 3.63) is 138 Å². The zero-order valence-electron chi connectivity index (χ0n) is 21.9. The van der Waals surface area contributed by atoms with E-state index in [1.165, 1.54) is 17.3 Å². The van der Waals surface area contributed by atoms with Crippen LogP contribution in [0.3, 0.4) is 0 Å². The average molecular weight is 531 g/mol. The minimum absolute atomic E-state index is 0.103. The van der Waals surface area contributed by atoms with Crippen LogP contribution in [0.4, 0.5) is 11.4 Å². The molecule has 0 aromatic heterocycles. The molecule has 0 bridgehead atoms. The number of hydrogen-bond acceptors (Lipinski definition) is 3. The molecular formula is C34H30N2O2S. The quantitative estimate of drug-likeness (QED) is 0.197. The first-order valence-corrected chi connectivity index (χ1v) is 13.9. The number of carbonyl (C=O) groups excluding carboxylic acids is 2. The van der Waals surface area contributed by atoms with Crippen LogP contribution in [-0.2, 0) is 4.79 Å². The van der Waals surface area contributed by atoms with Gasteiger partial charge in [0.2, 0.25) is 5.91 Å². The molecule has 5 aromatic rings. The van der Waals surface area contributed by atoms with Crippen molar-refractivity contribution in [1.29, 1.82) is 0 Å². The van der Waals surface area contributed by atoms with Crippen molar-refractivity contribution in [1.82, 2.24) is 0 Å². The fourth-order valence-corrected chi connectivity index (χ4v) is 5.46. The molecule has 0 saturated heterocycles. The van der Waals surface area contributed by atoms with Crippen LogP contribution in [0.15, 0.2) is 126 Å². The Morgan fingerprint density at radius 2 is 1.33 bits per heavy atom. The Morgan fingerprint density at radius 3 is 2.08 bits per heavy atom. The van der Waals surface area contributed by atoms with Crippen molar-refractivity contribution in [2.75, 3.05) is 10.6 Å². The van der Waals surface area contributed by atoms with Crippen LogP contribution in [0.5, 0.6) is 0 Å². The number of thioether (sulfide) groups is 1.